The van der Waals surface area contributed by atoms with Crippen LogP contribution >= 0.6 is 34.1 Å². The van der Waals surface area contributed by atoms with Crippen molar-refractivity contribution >= 4 is 97.6 Å². The van der Waals surface area contributed by atoms with Crippen molar-refractivity contribution in [2.75, 3.05) is 0 Å². The van der Waals surface area contributed by atoms with Gasteiger partial charge in [0.05, 0.1) is 0 Å². The molecule has 0 heterocycles. The van der Waals surface area contributed by atoms with E-state index in [2.05, 4.69) is 204 Å². The van der Waals surface area contributed by atoms with Gasteiger partial charge >= 0.3 is 75.7 Å². The van der Waals surface area contributed by atoms with Crippen LogP contribution in [0.15, 0.2) is 170 Å². The van der Waals surface area contributed by atoms with Gasteiger partial charge < -0.3 is 6.92 Å². The molecular weight excluding hydrogens is 909 g/mol. The summed E-state index contributed by atoms with van der Waals surface area (Å²) in [6, 6.07) is 58.7. The summed E-state index contributed by atoms with van der Waals surface area (Å²) in [7, 11) is 25.7. The summed E-state index contributed by atoms with van der Waals surface area (Å²) in [5.41, 5.74) is 0. The van der Waals surface area contributed by atoms with Crippen LogP contribution in [0.2, 0.25) is 13.1 Å². The molecule has 0 spiro atoms. The van der Waals surface area contributed by atoms with E-state index in [-0.39, 0.29) is 0 Å². The number of halogens is 4. The van der Waals surface area contributed by atoms with E-state index in [1.807, 2.05) is 0 Å². The summed E-state index contributed by atoms with van der Waals surface area (Å²) < 4.78 is 0. The molecule has 270 valence electrons. The first-order chi connectivity index (χ1) is 25.6. The second-order valence-corrected chi connectivity index (χ2v) is 17.8. The van der Waals surface area contributed by atoms with Crippen LogP contribution in [0.5, 0.6) is 0 Å². The molecule has 8 rings (SSSR count). The average Bonchev–Trinajstić information content (AvgIpc) is 4.04. The molecule has 0 aromatic heterocycles. The van der Waals surface area contributed by atoms with Crippen LogP contribution in [-0.2, 0) is 41.7 Å². The van der Waals surface area contributed by atoms with E-state index >= 15 is 0 Å². The maximum atomic E-state index is 4.93. The molecule has 6 radical (unpaired) electrons. The van der Waals surface area contributed by atoms with Gasteiger partial charge in [-0.3, -0.25) is 0 Å². The van der Waals surface area contributed by atoms with Gasteiger partial charge in [-0.25, -0.2) is 0 Å². The summed E-state index contributed by atoms with van der Waals surface area (Å²) in [6.07, 6.45) is 5.07. The van der Waals surface area contributed by atoms with Crippen LogP contribution in [0.1, 0.15) is 32.6 Å². The molecule has 0 bridgehead atoms. The van der Waals surface area contributed by atoms with Gasteiger partial charge in [-0.2, -0.15) is 76.5 Å². The fourth-order valence-corrected chi connectivity index (χ4v) is 4.71. The van der Waals surface area contributed by atoms with Gasteiger partial charge in [0.25, 0.3) is 0 Å². The van der Waals surface area contributed by atoms with Gasteiger partial charge in [-0.1, -0.05) is 63.5 Å². The zero-order valence-corrected chi connectivity index (χ0v) is 40.2. The van der Waals surface area contributed by atoms with E-state index in [4.69, 9.17) is 34.1 Å². The minimum Gasteiger partial charge on any atom is -0.168 e. The molecule has 8 heteroatoms. The predicted molar refractivity (Wildman–Crippen MR) is 234 cm³/mol. The molecule has 0 N–H and O–H groups in total. The molecule has 8 aromatic rings. The molecule has 0 aliphatic rings. The van der Waals surface area contributed by atoms with Crippen molar-refractivity contribution < 1.29 is 41.7 Å². The third-order valence-electron chi connectivity index (χ3n) is 7.04. The second-order valence-electron chi connectivity index (χ2n) is 10.3. The molecule has 52 heavy (non-hydrogen) atoms. The molecule has 0 saturated carbocycles. The Morgan fingerprint density at radius 1 is 0.500 bits per heavy atom. The molecule has 8 aromatic carbocycles. The van der Waals surface area contributed by atoms with Crippen LogP contribution < -0.4 is 0 Å². The van der Waals surface area contributed by atoms with E-state index in [9.17, 15) is 0 Å². The van der Waals surface area contributed by atoms with E-state index in [0.29, 0.717) is 0 Å². The summed E-state index contributed by atoms with van der Waals surface area (Å²) >= 11 is -1.65. The van der Waals surface area contributed by atoms with Crippen molar-refractivity contribution in [1.29, 1.82) is 0 Å². The predicted octanol–water partition coefficient (Wildman–Crippen LogP) is 15.8. The van der Waals surface area contributed by atoms with Crippen molar-refractivity contribution in [2.24, 2.45) is 0 Å². The molecule has 0 aliphatic carbocycles. The molecular formula is C44H47Cl4Si2Zr2-3. The molecule has 0 aliphatic heterocycles. The number of hydrogen-bond acceptors (Lipinski definition) is 0. The Morgan fingerprint density at radius 3 is 0.904 bits per heavy atom. The number of hydrogen-bond donors (Lipinski definition) is 0. The van der Waals surface area contributed by atoms with Crippen molar-refractivity contribution in [3.05, 3.63) is 177 Å². The largest absolute Gasteiger partial charge is 0.168 e. The third kappa shape index (κ3) is 22.8. The Balaban J connectivity index is 0.000000592. The minimum atomic E-state index is -0.826. The van der Waals surface area contributed by atoms with Gasteiger partial charge in [0.15, 0.2) is 0 Å². The molecule has 0 atom stereocenters. The van der Waals surface area contributed by atoms with E-state index in [0.717, 1.165) is 6.42 Å². The van der Waals surface area contributed by atoms with Crippen molar-refractivity contribution in [1.82, 2.24) is 0 Å². The van der Waals surface area contributed by atoms with Crippen LogP contribution in [0.4, 0.5) is 0 Å². The first-order valence-corrected chi connectivity index (χ1v) is 31.4. The Morgan fingerprint density at radius 2 is 0.731 bits per heavy atom. The average molecular weight is 956 g/mol. The fraction of sp³-hybridized carbons (Fsp3) is 0.159. The second kappa shape index (κ2) is 36.6. The Bertz CT molecular complexity index is 1500. The van der Waals surface area contributed by atoms with Gasteiger partial charge in [0, 0.05) is 20.5 Å². The fourth-order valence-electron chi connectivity index (χ4n) is 4.71. The Kier molecular flexibility index (Phi) is 35.7. The first kappa shape index (κ1) is 50.7. The van der Waals surface area contributed by atoms with Crippen LogP contribution in [0.3, 0.4) is 0 Å². The van der Waals surface area contributed by atoms with E-state index < -0.39 is 41.7 Å². The summed E-state index contributed by atoms with van der Waals surface area (Å²) in [6.45, 7) is 9.54. The first-order valence-electron chi connectivity index (χ1n) is 16.7. The van der Waals surface area contributed by atoms with E-state index in [1.54, 1.807) is 13.1 Å². The molecule has 0 unspecified atom stereocenters. The summed E-state index contributed by atoms with van der Waals surface area (Å²) in [4.78, 5) is 0. The number of benzene rings is 4. The maximum Gasteiger partial charge on any atom is -0.0809 e. The molecule has 0 nitrogen and oxygen atoms in total. The molecule has 0 fully saturated rings. The number of unbranched alkanes of at least 4 members (excludes halogenated alkanes) is 3. The van der Waals surface area contributed by atoms with E-state index in [1.165, 1.54) is 62.4 Å². The van der Waals surface area contributed by atoms with Gasteiger partial charge in [-0.15, -0.1) is 119 Å². The van der Waals surface area contributed by atoms with Crippen LogP contribution in [-0.4, -0.2) is 20.5 Å². The van der Waals surface area contributed by atoms with Crippen molar-refractivity contribution in [2.45, 2.75) is 45.7 Å². The van der Waals surface area contributed by atoms with Gasteiger partial charge in [-0.05, 0) is 0 Å². The molecule has 0 saturated heterocycles. The quantitative estimate of drug-likeness (QED) is 0.0940. The third-order valence-corrected chi connectivity index (χ3v) is 7.04. The zero-order chi connectivity index (χ0) is 38.7. The maximum absolute atomic E-state index is 4.93. The summed E-state index contributed by atoms with van der Waals surface area (Å²) in [5.74, 6) is 0. The minimum absolute atomic E-state index is 0.826. The zero-order valence-electron chi connectivity index (χ0n) is 30.2. The normalized spacial score (nSPS) is 8.81. The molecule has 0 amide bonds. The van der Waals surface area contributed by atoms with Crippen molar-refractivity contribution in [3.8, 4) is 0 Å². The monoisotopic (exact) mass is 951 g/mol. The standard InChI is InChI=1S/4C9H7.C6H13.2CH3Si.4ClH.2Zr/c4*1-2-5-9-7-3-6-8(9)4-1;1-3-5-6-4-2;2*1-2;;;;;;/h4*1-7H;1,3-6H2,2H3;2*1H3;4*1H;;/q5*-1;;;;;;;+2;+4/p-4. The smallest absolute Gasteiger partial charge is 0.0809 e. The Labute approximate surface area is 357 Å². The van der Waals surface area contributed by atoms with Crippen LogP contribution in [0.25, 0.3) is 43.1 Å². The Hall–Kier alpha value is -1.32. The number of rotatable bonds is 3. The van der Waals surface area contributed by atoms with Crippen molar-refractivity contribution in [3.63, 3.8) is 0 Å². The van der Waals surface area contributed by atoms with Gasteiger partial charge in [0.2, 0.25) is 0 Å². The topological polar surface area (TPSA) is 0 Å². The van der Waals surface area contributed by atoms with Crippen LogP contribution in [0, 0.1) is 6.92 Å². The number of fused-ring (bicyclic) bond motifs is 4. The SMILES string of the molecule is C[Si].C[Si].[CH2-]CCCCC.[Cl][Zr+2][Cl].[Cl][Zr][Cl].c1ccc2[cH-]ccc2c1.c1ccc2[cH-]ccc2c1.c1ccc2[cH-]ccc2c1.c1ccc2[cH-]ccc2c1. The van der Waals surface area contributed by atoms with Gasteiger partial charge in [0.1, 0.15) is 0 Å². The summed E-state index contributed by atoms with van der Waals surface area (Å²) in [5, 5.41) is 10.6.